The number of ether oxygens (including phenoxy) is 2. The Morgan fingerprint density at radius 3 is 2.47 bits per heavy atom. The smallest absolute Gasteiger partial charge is 0.225 e. The molecule has 30 heavy (non-hydrogen) atoms. The number of amides is 1. The second-order valence-corrected chi connectivity index (χ2v) is 7.60. The number of methoxy groups -OCH3 is 1. The summed E-state index contributed by atoms with van der Waals surface area (Å²) in [6.45, 7) is 8.98. The molecule has 0 radical (unpaired) electrons. The minimum atomic E-state index is 0.162. The van der Waals surface area contributed by atoms with Gasteiger partial charge in [0.15, 0.2) is 17.5 Å². The molecule has 1 amide bonds. The van der Waals surface area contributed by atoms with Crippen molar-refractivity contribution < 1.29 is 14.3 Å². The molecule has 2 rings (SSSR count). The molecule has 7 heteroatoms. The SMILES string of the molecule is CCOc1cc(CNC(=NC)NC2CCN(C(=O)C(CC)CC)CC2)ccc1OC. The maximum atomic E-state index is 12.6. The summed E-state index contributed by atoms with van der Waals surface area (Å²) in [7, 11) is 3.42. The van der Waals surface area contributed by atoms with E-state index in [9.17, 15) is 4.79 Å². The van der Waals surface area contributed by atoms with Crippen LogP contribution in [-0.4, -0.2) is 56.7 Å². The van der Waals surface area contributed by atoms with Crippen LogP contribution >= 0.6 is 0 Å². The molecular formula is C23H38N4O3. The molecule has 1 aliphatic heterocycles. The first-order valence-electron chi connectivity index (χ1n) is 11.1. The third kappa shape index (κ3) is 6.54. The van der Waals surface area contributed by atoms with Crippen molar-refractivity contribution in [3.05, 3.63) is 23.8 Å². The molecule has 1 fully saturated rings. The van der Waals surface area contributed by atoms with Crippen molar-refractivity contribution in [1.29, 1.82) is 0 Å². The number of piperidine rings is 1. The van der Waals surface area contributed by atoms with Gasteiger partial charge in [0, 0.05) is 38.6 Å². The predicted octanol–water partition coefficient (Wildman–Crippen LogP) is 3.19. The molecule has 0 unspecified atom stereocenters. The molecule has 0 atom stereocenters. The summed E-state index contributed by atoms with van der Waals surface area (Å²) in [6, 6.07) is 6.25. The van der Waals surface area contributed by atoms with E-state index in [1.165, 1.54) is 0 Å². The molecule has 0 saturated carbocycles. The lowest BCUT2D eigenvalue weighted by atomic mass is 9.98. The van der Waals surface area contributed by atoms with E-state index >= 15 is 0 Å². The van der Waals surface area contributed by atoms with Crippen LogP contribution in [0.3, 0.4) is 0 Å². The number of benzene rings is 1. The second kappa shape index (κ2) is 12.3. The molecule has 168 valence electrons. The Balaban J connectivity index is 1.84. The van der Waals surface area contributed by atoms with E-state index in [1.807, 2.05) is 30.0 Å². The fourth-order valence-corrected chi connectivity index (χ4v) is 3.81. The highest BCUT2D eigenvalue weighted by atomic mass is 16.5. The quantitative estimate of drug-likeness (QED) is 0.476. The molecule has 1 heterocycles. The number of carbonyl (C=O) groups is 1. The minimum Gasteiger partial charge on any atom is -0.493 e. The van der Waals surface area contributed by atoms with Crippen molar-refractivity contribution in [3.8, 4) is 11.5 Å². The van der Waals surface area contributed by atoms with Crippen molar-refractivity contribution in [3.63, 3.8) is 0 Å². The van der Waals surface area contributed by atoms with Gasteiger partial charge in [0.2, 0.25) is 5.91 Å². The number of carbonyl (C=O) groups excluding carboxylic acids is 1. The summed E-state index contributed by atoms with van der Waals surface area (Å²) in [5.41, 5.74) is 1.09. The fourth-order valence-electron chi connectivity index (χ4n) is 3.81. The maximum absolute atomic E-state index is 12.6. The lowest BCUT2D eigenvalue weighted by Crippen LogP contribution is -2.50. The summed E-state index contributed by atoms with van der Waals surface area (Å²) >= 11 is 0. The molecule has 2 N–H and O–H groups in total. The number of hydrogen-bond donors (Lipinski definition) is 2. The van der Waals surface area contributed by atoms with E-state index < -0.39 is 0 Å². The van der Waals surface area contributed by atoms with Gasteiger partial charge in [-0.2, -0.15) is 0 Å². The van der Waals surface area contributed by atoms with Crippen molar-refractivity contribution in [2.45, 2.75) is 59.0 Å². The van der Waals surface area contributed by atoms with Crippen LogP contribution in [0.1, 0.15) is 52.0 Å². The first-order chi connectivity index (χ1) is 14.6. The van der Waals surface area contributed by atoms with Gasteiger partial charge >= 0.3 is 0 Å². The van der Waals surface area contributed by atoms with Gasteiger partial charge in [0.25, 0.3) is 0 Å². The highest BCUT2D eigenvalue weighted by Crippen LogP contribution is 2.28. The normalized spacial score (nSPS) is 15.3. The average molecular weight is 419 g/mol. The molecule has 1 aromatic carbocycles. The molecular weight excluding hydrogens is 380 g/mol. The molecule has 0 aliphatic carbocycles. The fraction of sp³-hybridized carbons (Fsp3) is 0.652. The standard InChI is InChI=1S/C23H38N4O3/c1-6-18(7-2)22(28)27-13-11-19(12-14-27)26-23(24-4)25-16-17-9-10-20(29-5)21(15-17)30-8-3/h9-10,15,18-19H,6-8,11-14,16H2,1-5H3,(H2,24,25,26). The monoisotopic (exact) mass is 418 g/mol. The highest BCUT2D eigenvalue weighted by Gasteiger charge is 2.26. The zero-order chi connectivity index (χ0) is 21.9. The first-order valence-corrected chi connectivity index (χ1v) is 11.1. The number of rotatable bonds is 9. The highest BCUT2D eigenvalue weighted by molar-refractivity contribution is 5.80. The Kier molecular flexibility index (Phi) is 9.77. The van der Waals surface area contributed by atoms with Gasteiger partial charge in [-0.05, 0) is 50.3 Å². The molecule has 0 bridgehead atoms. The Hall–Kier alpha value is -2.44. The number of nitrogens with one attached hydrogen (secondary N) is 2. The van der Waals surface area contributed by atoms with E-state index in [0.29, 0.717) is 25.1 Å². The average Bonchev–Trinajstić information content (AvgIpc) is 2.78. The summed E-state index contributed by atoms with van der Waals surface area (Å²) in [4.78, 5) is 19.0. The Labute approximate surface area is 181 Å². The van der Waals surface area contributed by atoms with Crippen molar-refractivity contribution in [2.24, 2.45) is 10.9 Å². The van der Waals surface area contributed by atoms with Gasteiger partial charge < -0.3 is 25.0 Å². The van der Waals surface area contributed by atoms with E-state index in [2.05, 4.69) is 29.5 Å². The Morgan fingerprint density at radius 1 is 1.20 bits per heavy atom. The lowest BCUT2D eigenvalue weighted by molar-refractivity contribution is -0.136. The van der Waals surface area contributed by atoms with Crippen molar-refractivity contribution in [1.82, 2.24) is 15.5 Å². The van der Waals surface area contributed by atoms with Gasteiger partial charge in [-0.1, -0.05) is 19.9 Å². The van der Waals surface area contributed by atoms with E-state index in [0.717, 1.165) is 61.8 Å². The lowest BCUT2D eigenvalue weighted by Gasteiger charge is -2.34. The molecule has 1 saturated heterocycles. The third-order valence-corrected chi connectivity index (χ3v) is 5.69. The Bertz CT molecular complexity index is 696. The Morgan fingerprint density at radius 2 is 1.90 bits per heavy atom. The molecule has 1 aromatic rings. The summed E-state index contributed by atoms with van der Waals surface area (Å²) < 4.78 is 11.0. The van der Waals surface area contributed by atoms with Gasteiger partial charge in [-0.25, -0.2) is 0 Å². The molecule has 0 aromatic heterocycles. The predicted molar refractivity (Wildman–Crippen MR) is 121 cm³/mol. The van der Waals surface area contributed by atoms with Crippen LogP contribution in [-0.2, 0) is 11.3 Å². The maximum Gasteiger partial charge on any atom is 0.225 e. The van der Waals surface area contributed by atoms with Crippen LogP contribution in [0, 0.1) is 5.92 Å². The van der Waals surface area contributed by atoms with Crippen LogP contribution in [0.4, 0.5) is 0 Å². The zero-order valence-corrected chi connectivity index (χ0v) is 19.2. The zero-order valence-electron chi connectivity index (χ0n) is 19.2. The van der Waals surface area contributed by atoms with Gasteiger partial charge in [-0.15, -0.1) is 0 Å². The van der Waals surface area contributed by atoms with Crippen LogP contribution < -0.4 is 20.1 Å². The van der Waals surface area contributed by atoms with Crippen molar-refractivity contribution >= 4 is 11.9 Å². The number of nitrogens with zero attached hydrogens (tertiary/aromatic N) is 2. The summed E-state index contributed by atoms with van der Waals surface area (Å²) in [5.74, 6) is 2.73. The van der Waals surface area contributed by atoms with E-state index in [1.54, 1.807) is 14.2 Å². The van der Waals surface area contributed by atoms with Gasteiger partial charge in [0.1, 0.15) is 0 Å². The summed E-state index contributed by atoms with van der Waals surface area (Å²) in [5, 5.41) is 6.87. The number of hydrogen-bond acceptors (Lipinski definition) is 4. The first kappa shape index (κ1) is 23.8. The van der Waals surface area contributed by atoms with E-state index in [4.69, 9.17) is 9.47 Å². The minimum absolute atomic E-state index is 0.162. The van der Waals surface area contributed by atoms with Crippen LogP contribution in [0.15, 0.2) is 23.2 Å². The molecule has 1 aliphatic rings. The van der Waals surface area contributed by atoms with Gasteiger partial charge in [0.05, 0.1) is 13.7 Å². The van der Waals surface area contributed by atoms with Gasteiger partial charge in [-0.3, -0.25) is 9.79 Å². The largest absolute Gasteiger partial charge is 0.493 e. The van der Waals surface area contributed by atoms with E-state index in [-0.39, 0.29) is 5.92 Å². The van der Waals surface area contributed by atoms with Crippen LogP contribution in [0.5, 0.6) is 11.5 Å². The number of guanidine groups is 1. The second-order valence-electron chi connectivity index (χ2n) is 7.60. The van der Waals surface area contributed by atoms with Crippen molar-refractivity contribution in [2.75, 3.05) is 33.9 Å². The number of aliphatic imine (C=N–C) groups is 1. The molecule has 0 spiro atoms. The summed E-state index contributed by atoms with van der Waals surface area (Å²) in [6.07, 6.45) is 3.70. The molecule has 7 nitrogen and oxygen atoms in total. The topological polar surface area (TPSA) is 75.2 Å². The number of likely N-dealkylation sites (tertiary alicyclic amines) is 1. The van der Waals surface area contributed by atoms with Crippen LogP contribution in [0.2, 0.25) is 0 Å². The van der Waals surface area contributed by atoms with Crippen LogP contribution in [0.25, 0.3) is 0 Å². The third-order valence-electron chi connectivity index (χ3n) is 5.69.